The fourth-order valence-electron chi connectivity index (χ4n) is 2.38. The first-order valence-electron chi connectivity index (χ1n) is 6.29. The van der Waals surface area contributed by atoms with Gasteiger partial charge in [-0.05, 0) is 48.7 Å². The fourth-order valence-corrected chi connectivity index (χ4v) is 2.38. The number of nitrogens with two attached hydrogens (primary N) is 2. The van der Waals surface area contributed by atoms with Gasteiger partial charge in [0.25, 0.3) is 0 Å². The van der Waals surface area contributed by atoms with Gasteiger partial charge in [-0.1, -0.05) is 18.2 Å². The van der Waals surface area contributed by atoms with E-state index in [0.717, 1.165) is 28.1 Å². The second-order valence-corrected chi connectivity index (χ2v) is 4.84. The van der Waals surface area contributed by atoms with Crippen LogP contribution >= 0.6 is 0 Å². The third-order valence-electron chi connectivity index (χ3n) is 3.32. The molecule has 0 aliphatic rings. The molecule has 4 N–H and O–H groups in total. The van der Waals surface area contributed by atoms with E-state index in [-0.39, 0.29) is 6.04 Å². The molecule has 0 aliphatic carbocycles. The summed E-state index contributed by atoms with van der Waals surface area (Å²) in [5.41, 5.74) is 17.2. The lowest BCUT2D eigenvalue weighted by molar-refractivity contribution is 0.407. The van der Waals surface area contributed by atoms with Crippen LogP contribution in [0.4, 0.5) is 5.69 Å². The summed E-state index contributed by atoms with van der Waals surface area (Å²) in [6.45, 7) is 4.11. The second-order valence-electron chi connectivity index (χ2n) is 4.84. The topological polar surface area (TPSA) is 61.3 Å². The van der Waals surface area contributed by atoms with E-state index in [1.165, 1.54) is 5.56 Å². The van der Waals surface area contributed by atoms with Crippen LogP contribution in [0.3, 0.4) is 0 Å². The summed E-state index contributed by atoms with van der Waals surface area (Å²) in [7, 11) is 1.67. The zero-order valence-corrected chi connectivity index (χ0v) is 11.6. The third kappa shape index (κ3) is 2.71. The molecule has 2 aromatic rings. The molecule has 2 rings (SSSR count). The lowest BCUT2D eigenvalue weighted by Crippen LogP contribution is -2.15. The summed E-state index contributed by atoms with van der Waals surface area (Å²) in [6, 6.07) is 11.6. The van der Waals surface area contributed by atoms with Gasteiger partial charge >= 0.3 is 0 Å². The van der Waals surface area contributed by atoms with Crippen molar-refractivity contribution in [1.29, 1.82) is 0 Å². The number of rotatable bonds is 3. The molecule has 0 bridgehead atoms. The Hall–Kier alpha value is -2.00. The molecule has 2 aromatic carbocycles. The van der Waals surface area contributed by atoms with E-state index in [0.29, 0.717) is 0 Å². The van der Waals surface area contributed by atoms with Crippen LogP contribution in [0.1, 0.15) is 28.3 Å². The van der Waals surface area contributed by atoms with E-state index in [1.807, 2.05) is 37.3 Å². The number of aryl methyl sites for hydroxylation is 2. The van der Waals surface area contributed by atoms with Gasteiger partial charge in [-0.3, -0.25) is 0 Å². The smallest absolute Gasteiger partial charge is 0.124 e. The summed E-state index contributed by atoms with van der Waals surface area (Å²) in [4.78, 5) is 0. The second kappa shape index (κ2) is 5.33. The Kier molecular flexibility index (Phi) is 3.76. The van der Waals surface area contributed by atoms with Gasteiger partial charge in [0, 0.05) is 11.3 Å². The van der Waals surface area contributed by atoms with E-state index in [9.17, 15) is 0 Å². The quantitative estimate of drug-likeness (QED) is 0.830. The molecule has 0 fully saturated rings. The van der Waals surface area contributed by atoms with Gasteiger partial charge in [0.2, 0.25) is 0 Å². The van der Waals surface area contributed by atoms with Crippen LogP contribution in [0.15, 0.2) is 36.4 Å². The minimum Gasteiger partial charge on any atom is -0.496 e. The molecule has 3 heteroatoms. The van der Waals surface area contributed by atoms with Crippen molar-refractivity contribution in [3.8, 4) is 5.75 Å². The Morgan fingerprint density at radius 1 is 1.05 bits per heavy atom. The summed E-state index contributed by atoms with van der Waals surface area (Å²) >= 11 is 0. The van der Waals surface area contributed by atoms with Crippen LogP contribution in [0.2, 0.25) is 0 Å². The third-order valence-corrected chi connectivity index (χ3v) is 3.32. The van der Waals surface area contributed by atoms with Gasteiger partial charge in [0.05, 0.1) is 13.2 Å². The van der Waals surface area contributed by atoms with Crippen LogP contribution in [0.5, 0.6) is 5.75 Å². The predicted molar refractivity (Wildman–Crippen MR) is 79.4 cm³/mol. The SMILES string of the molecule is COc1cc(C)cc(C)c1C(N)c1ccc(N)cc1. The summed E-state index contributed by atoms with van der Waals surface area (Å²) in [6.07, 6.45) is 0. The number of hydrogen-bond acceptors (Lipinski definition) is 3. The zero-order chi connectivity index (χ0) is 14.0. The lowest BCUT2D eigenvalue weighted by Gasteiger charge is -2.19. The Morgan fingerprint density at radius 3 is 2.26 bits per heavy atom. The normalized spacial score (nSPS) is 12.2. The summed E-state index contributed by atoms with van der Waals surface area (Å²) in [5.74, 6) is 0.835. The molecular formula is C16H20N2O. The Labute approximate surface area is 114 Å². The fraction of sp³-hybridized carbons (Fsp3) is 0.250. The average Bonchev–Trinajstić information content (AvgIpc) is 2.38. The van der Waals surface area contributed by atoms with Crippen molar-refractivity contribution in [3.05, 3.63) is 58.7 Å². The maximum Gasteiger partial charge on any atom is 0.124 e. The number of ether oxygens (including phenoxy) is 1. The van der Waals surface area contributed by atoms with Crippen molar-refractivity contribution < 1.29 is 4.74 Å². The largest absolute Gasteiger partial charge is 0.496 e. The Bertz CT molecular complexity index is 576. The molecule has 0 aliphatic heterocycles. The van der Waals surface area contributed by atoms with Crippen molar-refractivity contribution in [3.63, 3.8) is 0 Å². The molecule has 100 valence electrons. The van der Waals surface area contributed by atoms with Gasteiger partial charge < -0.3 is 16.2 Å². The highest BCUT2D eigenvalue weighted by Crippen LogP contribution is 2.32. The van der Waals surface area contributed by atoms with Crippen molar-refractivity contribution >= 4 is 5.69 Å². The maximum atomic E-state index is 6.37. The first-order valence-corrected chi connectivity index (χ1v) is 6.29. The van der Waals surface area contributed by atoms with Gasteiger partial charge in [-0.15, -0.1) is 0 Å². The molecule has 0 heterocycles. The molecule has 3 nitrogen and oxygen atoms in total. The molecule has 0 saturated heterocycles. The highest BCUT2D eigenvalue weighted by Gasteiger charge is 2.17. The van der Waals surface area contributed by atoms with Crippen molar-refractivity contribution in [1.82, 2.24) is 0 Å². The van der Waals surface area contributed by atoms with Crippen LogP contribution in [0, 0.1) is 13.8 Å². The first-order chi connectivity index (χ1) is 9.02. The minimum absolute atomic E-state index is 0.212. The van der Waals surface area contributed by atoms with E-state index in [1.54, 1.807) is 7.11 Å². The molecular weight excluding hydrogens is 236 g/mol. The number of nitrogen functional groups attached to an aromatic ring is 1. The summed E-state index contributed by atoms with van der Waals surface area (Å²) in [5, 5.41) is 0. The van der Waals surface area contributed by atoms with Crippen LogP contribution in [0.25, 0.3) is 0 Å². The van der Waals surface area contributed by atoms with Crippen LogP contribution in [-0.2, 0) is 0 Å². The highest BCUT2D eigenvalue weighted by atomic mass is 16.5. The molecule has 0 radical (unpaired) electrons. The maximum absolute atomic E-state index is 6.37. The van der Waals surface area contributed by atoms with Crippen LogP contribution < -0.4 is 16.2 Å². The highest BCUT2D eigenvalue weighted by molar-refractivity contribution is 5.50. The number of anilines is 1. The molecule has 0 spiro atoms. The molecule has 1 unspecified atom stereocenters. The van der Waals surface area contributed by atoms with Gasteiger partial charge in [-0.2, -0.15) is 0 Å². The minimum atomic E-state index is -0.212. The standard InChI is InChI=1S/C16H20N2O/c1-10-8-11(2)15(14(9-10)19-3)16(18)12-4-6-13(17)7-5-12/h4-9,16H,17-18H2,1-3H3. The van der Waals surface area contributed by atoms with Crippen molar-refractivity contribution in [2.75, 3.05) is 12.8 Å². The molecule has 0 aromatic heterocycles. The molecule has 1 atom stereocenters. The zero-order valence-electron chi connectivity index (χ0n) is 11.6. The number of hydrogen-bond donors (Lipinski definition) is 2. The molecule has 0 saturated carbocycles. The average molecular weight is 256 g/mol. The van der Waals surface area contributed by atoms with Gasteiger partial charge in [-0.25, -0.2) is 0 Å². The predicted octanol–water partition coefficient (Wildman–Crippen LogP) is 2.94. The Balaban J connectivity index is 2.49. The van der Waals surface area contributed by atoms with Crippen molar-refractivity contribution in [2.45, 2.75) is 19.9 Å². The van der Waals surface area contributed by atoms with E-state index < -0.39 is 0 Å². The number of methoxy groups -OCH3 is 1. The van der Waals surface area contributed by atoms with Crippen molar-refractivity contribution in [2.24, 2.45) is 5.73 Å². The first kappa shape index (κ1) is 13.4. The van der Waals surface area contributed by atoms with Crippen LogP contribution in [-0.4, -0.2) is 7.11 Å². The van der Waals surface area contributed by atoms with E-state index >= 15 is 0 Å². The van der Waals surface area contributed by atoms with Gasteiger partial charge in [0.15, 0.2) is 0 Å². The van der Waals surface area contributed by atoms with Gasteiger partial charge in [0.1, 0.15) is 5.75 Å². The molecule has 19 heavy (non-hydrogen) atoms. The molecule has 0 amide bonds. The summed E-state index contributed by atoms with van der Waals surface area (Å²) < 4.78 is 5.47. The monoisotopic (exact) mass is 256 g/mol. The lowest BCUT2D eigenvalue weighted by atomic mass is 9.93. The Morgan fingerprint density at radius 2 is 1.68 bits per heavy atom. The van der Waals surface area contributed by atoms with E-state index in [4.69, 9.17) is 16.2 Å². The van der Waals surface area contributed by atoms with E-state index in [2.05, 4.69) is 13.0 Å². The number of benzene rings is 2.